The highest BCUT2D eigenvalue weighted by atomic mass is 16.3. The number of benzene rings is 1. The molecule has 3 rings (SSSR count). The fraction of sp³-hybridized carbons (Fsp3) is 0.333. The fourth-order valence-electron chi connectivity index (χ4n) is 2.69. The molecule has 27 heavy (non-hydrogen) atoms. The Balaban J connectivity index is 1.74. The molecule has 0 saturated carbocycles. The van der Waals surface area contributed by atoms with Crippen molar-refractivity contribution in [1.29, 1.82) is 0 Å². The maximum Gasteiger partial charge on any atom is 0.243 e. The van der Waals surface area contributed by atoms with Crippen molar-refractivity contribution in [2.24, 2.45) is 0 Å². The Hall–Kier alpha value is -3.04. The third kappa shape index (κ3) is 4.39. The van der Waals surface area contributed by atoms with Gasteiger partial charge in [-0.05, 0) is 19.1 Å². The van der Waals surface area contributed by atoms with Crippen LogP contribution >= 0.6 is 0 Å². The average Bonchev–Trinajstić information content (AvgIpc) is 3.06. The maximum absolute atomic E-state index is 12.3. The van der Waals surface area contributed by atoms with Gasteiger partial charge in [-0.25, -0.2) is 15.0 Å². The quantitative estimate of drug-likeness (QED) is 0.556. The van der Waals surface area contributed by atoms with Crippen molar-refractivity contribution in [3.05, 3.63) is 42.5 Å². The van der Waals surface area contributed by atoms with Gasteiger partial charge in [-0.1, -0.05) is 17.7 Å². The standard InChI is InChI=1S/C18H22N6O3/c1-12-3-5-13(6-4-12)22-15(27)8-23(2)17-16-18(20-10-19-17)24(11-21-16)7-14(26)9-25/h3-6,10-11,14,25-26H,7-9H2,1-2H3,(H,22,27). The minimum absolute atomic E-state index is 0.0894. The lowest BCUT2D eigenvalue weighted by molar-refractivity contribution is -0.114. The SMILES string of the molecule is Cc1ccc(NC(=O)CN(C)c2ncnc3c2ncn3CC(O)CO)cc1. The van der Waals surface area contributed by atoms with Crippen molar-refractivity contribution in [2.75, 3.05) is 30.4 Å². The van der Waals surface area contributed by atoms with Gasteiger partial charge in [-0.15, -0.1) is 0 Å². The summed E-state index contributed by atoms with van der Waals surface area (Å²) in [5, 5.41) is 21.5. The number of aliphatic hydroxyl groups excluding tert-OH is 2. The summed E-state index contributed by atoms with van der Waals surface area (Å²) in [5.41, 5.74) is 2.90. The van der Waals surface area contributed by atoms with Crippen LogP contribution in [0.5, 0.6) is 0 Å². The number of carbonyl (C=O) groups excluding carboxylic acids is 1. The Morgan fingerprint density at radius 2 is 2.00 bits per heavy atom. The van der Waals surface area contributed by atoms with Crippen LogP contribution in [0.2, 0.25) is 0 Å². The van der Waals surface area contributed by atoms with Crippen LogP contribution in [0.4, 0.5) is 11.5 Å². The number of aliphatic hydroxyl groups is 2. The highest BCUT2D eigenvalue weighted by Crippen LogP contribution is 2.20. The molecule has 1 amide bonds. The highest BCUT2D eigenvalue weighted by molar-refractivity contribution is 5.95. The van der Waals surface area contributed by atoms with Crippen molar-refractivity contribution in [1.82, 2.24) is 19.5 Å². The summed E-state index contributed by atoms with van der Waals surface area (Å²) in [4.78, 5) is 26.7. The second kappa shape index (κ2) is 8.11. The van der Waals surface area contributed by atoms with E-state index < -0.39 is 6.10 Å². The number of carbonyl (C=O) groups is 1. The number of amides is 1. The molecule has 0 bridgehead atoms. The number of anilines is 2. The predicted molar refractivity (Wildman–Crippen MR) is 101 cm³/mol. The van der Waals surface area contributed by atoms with Crippen molar-refractivity contribution < 1.29 is 15.0 Å². The average molecular weight is 370 g/mol. The van der Waals surface area contributed by atoms with Gasteiger partial charge in [-0.3, -0.25) is 4.79 Å². The van der Waals surface area contributed by atoms with Crippen LogP contribution < -0.4 is 10.2 Å². The zero-order valence-electron chi connectivity index (χ0n) is 15.2. The van der Waals surface area contributed by atoms with E-state index in [9.17, 15) is 9.90 Å². The molecular formula is C18H22N6O3. The lowest BCUT2D eigenvalue weighted by atomic mass is 10.2. The van der Waals surface area contributed by atoms with E-state index in [0.717, 1.165) is 11.3 Å². The Bertz CT molecular complexity index is 924. The minimum atomic E-state index is -0.904. The van der Waals surface area contributed by atoms with Crippen LogP contribution in [0.15, 0.2) is 36.9 Å². The maximum atomic E-state index is 12.3. The summed E-state index contributed by atoms with van der Waals surface area (Å²) in [7, 11) is 1.75. The molecule has 9 heteroatoms. The van der Waals surface area contributed by atoms with Gasteiger partial charge in [0.05, 0.1) is 32.1 Å². The van der Waals surface area contributed by atoms with E-state index in [-0.39, 0.29) is 25.6 Å². The van der Waals surface area contributed by atoms with Crippen molar-refractivity contribution >= 4 is 28.6 Å². The van der Waals surface area contributed by atoms with Gasteiger partial charge in [0, 0.05) is 12.7 Å². The fourth-order valence-corrected chi connectivity index (χ4v) is 2.69. The first-order valence-corrected chi connectivity index (χ1v) is 8.50. The largest absolute Gasteiger partial charge is 0.394 e. The summed E-state index contributed by atoms with van der Waals surface area (Å²) in [6, 6.07) is 7.57. The van der Waals surface area contributed by atoms with Gasteiger partial charge >= 0.3 is 0 Å². The van der Waals surface area contributed by atoms with Crippen molar-refractivity contribution in [3.8, 4) is 0 Å². The lowest BCUT2D eigenvalue weighted by Gasteiger charge is -2.18. The predicted octanol–water partition coefficient (Wildman–Crippen LogP) is 0.563. The van der Waals surface area contributed by atoms with E-state index in [1.54, 1.807) is 16.5 Å². The Kier molecular flexibility index (Phi) is 5.63. The van der Waals surface area contributed by atoms with E-state index in [0.29, 0.717) is 17.0 Å². The molecule has 0 spiro atoms. The molecule has 0 aliphatic heterocycles. The van der Waals surface area contributed by atoms with Crippen LogP contribution in [0.1, 0.15) is 5.56 Å². The van der Waals surface area contributed by atoms with Crippen molar-refractivity contribution in [2.45, 2.75) is 19.6 Å². The van der Waals surface area contributed by atoms with Crippen LogP contribution in [0.25, 0.3) is 11.2 Å². The summed E-state index contributed by atoms with van der Waals surface area (Å²) < 4.78 is 1.64. The number of hydrogen-bond donors (Lipinski definition) is 3. The lowest BCUT2D eigenvalue weighted by Crippen LogP contribution is -2.30. The molecule has 0 aliphatic rings. The first kappa shape index (κ1) is 18.7. The number of likely N-dealkylation sites (N-methyl/N-ethyl adjacent to an activating group) is 1. The number of aryl methyl sites for hydroxylation is 1. The molecule has 1 unspecified atom stereocenters. The van der Waals surface area contributed by atoms with E-state index in [1.807, 2.05) is 31.2 Å². The van der Waals surface area contributed by atoms with Crippen LogP contribution in [-0.4, -0.2) is 61.9 Å². The van der Waals surface area contributed by atoms with E-state index in [1.165, 1.54) is 12.7 Å². The number of nitrogens with zero attached hydrogens (tertiary/aromatic N) is 5. The Labute approximate surface area is 156 Å². The topological polar surface area (TPSA) is 116 Å². The third-order valence-electron chi connectivity index (χ3n) is 4.08. The normalized spacial score (nSPS) is 12.1. The molecule has 0 fully saturated rings. The highest BCUT2D eigenvalue weighted by Gasteiger charge is 2.17. The molecule has 9 nitrogen and oxygen atoms in total. The van der Waals surface area contributed by atoms with E-state index in [2.05, 4.69) is 20.3 Å². The Morgan fingerprint density at radius 3 is 2.70 bits per heavy atom. The number of nitrogens with one attached hydrogen (secondary N) is 1. The molecule has 142 valence electrons. The second-order valence-corrected chi connectivity index (χ2v) is 6.37. The van der Waals surface area contributed by atoms with Crippen LogP contribution in [0, 0.1) is 6.92 Å². The molecule has 0 saturated heterocycles. The molecule has 2 aromatic heterocycles. The smallest absolute Gasteiger partial charge is 0.243 e. The van der Waals surface area contributed by atoms with Gasteiger partial charge < -0.3 is 25.0 Å². The van der Waals surface area contributed by atoms with Gasteiger partial charge in [0.1, 0.15) is 6.33 Å². The number of hydrogen-bond acceptors (Lipinski definition) is 7. The molecule has 1 aromatic carbocycles. The molecular weight excluding hydrogens is 348 g/mol. The number of aromatic nitrogens is 4. The molecule has 3 aromatic rings. The van der Waals surface area contributed by atoms with Gasteiger partial charge in [0.15, 0.2) is 17.0 Å². The minimum Gasteiger partial charge on any atom is -0.394 e. The first-order valence-electron chi connectivity index (χ1n) is 8.50. The number of rotatable bonds is 7. The summed E-state index contributed by atoms with van der Waals surface area (Å²) in [5.74, 6) is 0.333. The summed E-state index contributed by atoms with van der Waals surface area (Å²) in [6.45, 7) is 1.89. The van der Waals surface area contributed by atoms with Gasteiger partial charge in [0.25, 0.3) is 0 Å². The zero-order valence-corrected chi connectivity index (χ0v) is 15.2. The van der Waals surface area contributed by atoms with Crippen molar-refractivity contribution in [3.63, 3.8) is 0 Å². The zero-order chi connectivity index (χ0) is 19.4. The molecule has 0 aliphatic carbocycles. The van der Waals surface area contributed by atoms with Gasteiger partial charge in [-0.2, -0.15) is 0 Å². The second-order valence-electron chi connectivity index (χ2n) is 6.37. The third-order valence-corrected chi connectivity index (χ3v) is 4.08. The summed E-state index contributed by atoms with van der Waals surface area (Å²) >= 11 is 0. The van der Waals surface area contributed by atoms with E-state index in [4.69, 9.17) is 5.11 Å². The molecule has 1 atom stereocenters. The van der Waals surface area contributed by atoms with Gasteiger partial charge in [0.2, 0.25) is 5.91 Å². The number of fused-ring (bicyclic) bond motifs is 1. The Morgan fingerprint density at radius 1 is 1.26 bits per heavy atom. The van der Waals surface area contributed by atoms with Crippen LogP contribution in [-0.2, 0) is 11.3 Å². The molecule has 2 heterocycles. The molecule has 3 N–H and O–H groups in total. The monoisotopic (exact) mass is 370 g/mol. The summed E-state index contributed by atoms with van der Waals surface area (Å²) in [6.07, 6.45) is 2.01. The number of imidazole rings is 1. The van der Waals surface area contributed by atoms with E-state index >= 15 is 0 Å². The van der Waals surface area contributed by atoms with Crippen LogP contribution in [0.3, 0.4) is 0 Å². The first-order chi connectivity index (χ1) is 13.0. The molecule has 0 radical (unpaired) electrons.